The molecule has 94 valence electrons. The molecule has 1 unspecified atom stereocenters. The second-order valence-electron chi connectivity index (χ2n) is 5.09. The summed E-state index contributed by atoms with van der Waals surface area (Å²) in [6, 6.07) is 4.20. The highest BCUT2D eigenvalue weighted by Crippen LogP contribution is 2.22. The summed E-state index contributed by atoms with van der Waals surface area (Å²) in [6.07, 6.45) is 5.17. The van der Waals surface area contributed by atoms with Crippen molar-refractivity contribution in [2.75, 3.05) is 6.54 Å². The molecule has 1 fully saturated rings. The van der Waals surface area contributed by atoms with Gasteiger partial charge in [-0.05, 0) is 45.4 Å². The van der Waals surface area contributed by atoms with Crippen molar-refractivity contribution in [1.29, 1.82) is 0 Å². The summed E-state index contributed by atoms with van der Waals surface area (Å²) in [5, 5.41) is 9.83. The summed E-state index contributed by atoms with van der Waals surface area (Å²) in [5.74, 6) is 0.326. The normalized spacial score (nSPS) is 22.4. The molecular weight excluding hydrogens is 212 g/mol. The van der Waals surface area contributed by atoms with Crippen LogP contribution in [0.15, 0.2) is 12.1 Å². The number of aryl methyl sites for hydroxylation is 1. The van der Waals surface area contributed by atoms with Gasteiger partial charge in [0.15, 0.2) is 0 Å². The summed E-state index contributed by atoms with van der Waals surface area (Å²) >= 11 is 0. The van der Waals surface area contributed by atoms with Gasteiger partial charge in [-0.2, -0.15) is 0 Å². The molecule has 1 aliphatic heterocycles. The van der Waals surface area contributed by atoms with Crippen molar-refractivity contribution in [3.8, 4) is 5.75 Å². The Kier molecular flexibility index (Phi) is 4.00. The van der Waals surface area contributed by atoms with Crippen molar-refractivity contribution < 1.29 is 5.11 Å². The number of likely N-dealkylation sites (tertiary alicyclic amines) is 1. The monoisotopic (exact) mass is 234 g/mol. The van der Waals surface area contributed by atoms with Crippen molar-refractivity contribution in [2.45, 2.75) is 52.1 Å². The molecule has 1 atom stereocenters. The fraction of sp³-hybridized carbons (Fsp3) is 0.643. The lowest BCUT2D eigenvalue weighted by molar-refractivity contribution is 0.200. The van der Waals surface area contributed by atoms with E-state index < -0.39 is 0 Å². The lowest BCUT2D eigenvalue weighted by Gasteiger charge is -2.26. The van der Waals surface area contributed by atoms with Gasteiger partial charge in [0.2, 0.25) is 0 Å². The number of hydrogen-bond donors (Lipinski definition) is 1. The Morgan fingerprint density at radius 1 is 1.35 bits per heavy atom. The van der Waals surface area contributed by atoms with E-state index in [0.717, 1.165) is 24.5 Å². The fourth-order valence-corrected chi connectivity index (χ4v) is 2.48. The SMILES string of the molecule is Cc1ccc(O)c(CN2CCCCCC2C)n1. The highest BCUT2D eigenvalue weighted by Gasteiger charge is 2.18. The van der Waals surface area contributed by atoms with Crippen molar-refractivity contribution in [2.24, 2.45) is 0 Å². The standard InChI is InChI=1S/C14H22N2O/c1-11-7-8-14(17)13(15-11)10-16-9-5-3-4-6-12(16)2/h7-8,12,17H,3-6,9-10H2,1-2H3. The van der Waals surface area contributed by atoms with Gasteiger partial charge in [-0.3, -0.25) is 9.88 Å². The zero-order chi connectivity index (χ0) is 12.3. The molecular formula is C14H22N2O. The summed E-state index contributed by atoms with van der Waals surface area (Å²) < 4.78 is 0. The van der Waals surface area contributed by atoms with E-state index in [1.807, 2.05) is 13.0 Å². The number of pyridine rings is 1. The lowest BCUT2D eigenvalue weighted by Crippen LogP contribution is -2.32. The number of aromatic nitrogens is 1. The molecule has 2 rings (SSSR count). The van der Waals surface area contributed by atoms with Gasteiger partial charge >= 0.3 is 0 Å². The van der Waals surface area contributed by atoms with Crippen LogP contribution in [-0.4, -0.2) is 27.6 Å². The van der Waals surface area contributed by atoms with Crippen LogP contribution in [0.5, 0.6) is 5.75 Å². The predicted octanol–water partition coefficient (Wildman–Crippen LogP) is 2.86. The highest BCUT2D eigenvalue weighted by atomic mass is 16.3. The van der Waals surface area contributed by atoms with Crippen LogP contribution in [0, 0.1) is 6.92 Å². The van der Waals surface area contributed by atoms with E-state index in [4.69, 9.17) is 0 Å². The first-order valence-corrected chi connectivity index (χ1v) is 6.56. The molecule has 0 amide bonds. The van der Waals surface area contributed by atoms with Crippen LogP contribution in [0.2, 0.25) is 0 Å². The molecule has 0 aromatic carbocycles. The second kappa shape index (κ2) is 5.50. The van der Waals surface area contributed by atoms with Gasteiger partial charge in [-0.1, -0.05) is 12.8 Å². The molecule has 1 aromatic rings. The predicted molar refractivity (Wildman–Crippen MR) is 69.0 cm³/mol. The molecule has 0 spiro atoms. The molecule has 1 N–H and O–H groups in total. The Morgan fingerprint density at radius 2 is 2.18 bits per heavy atom. The number of nitrogens with zero attached hydrogens (tertiary/aromatic N) is 2. The minimum Gasteiger partial charge on any atom is -0.506 e. The molecule has 2 heterocycles. The minimum atomic E-state index is 0.326. The Labute approximate surface area is 103 Å². The smallest absolute Gasteiger partial charge is 0.138 e. The molecule has 3 heteroatoms. The quantitative estimate of drug-likeness (QED) is 0.854. The van der Waals surface area contributed by atoms with Crippen LogP contribution in [0.4, 0.5) is 0 Å². The van der Waals surface area contributed by atoms with E-state index >= 15 is 0 Å². The number of rotatable bonds is 2. The summed E-state index contributed by atoms with van der Waals surface area (Å²) in [5.41, 5.74) is 1.79. The highest BCUT2D eigenvalue weighted by molar-refractivity contribution is 5.27. The minimum absolute atomic E-state index is 0.326. The van der Waals surface area contributed by atoms with E-state index in [2.05, 4.69) is 16.8 Å². The van der Waals surface area contributed by atoms with Crippen LogP contribution in [0.3, 0.4) is 0 Å². The summed E-state index contributed by atoms with van der Waals surface area (Å²) in [7, 11) is 0. The van der Waals surface area contributed by atoms with E-state index in [-0.39, 0.29) is 0 Å². The second-order valence-corrected chi connectivity index (χ2v) is 5.09. The summed E-state index contributed by atoms with van der Waals surface area (Å²) in [6.45, 7) is 6.14. The average Bonchev–Trinajstić information content (AvgIpc) is 2.50. The van der Waals surface area contributed by atoms with E-state index in [1.54, 1.807) is 6.07 Å². The van der Waals surface area contributed by atoms with Gasteiger partial charge in [0.1, 0.15) is 5.75 Å². The van der Waals surface area contributed by atoms with Gasteiger partial charge in [-0.25, -0.2) is 0 Å². The third-order valence-corrected chi connectivity index (χ3v) is 3.63. The molecule has 1 aromatic heterocycles. The number of hydrogen-bond acceptors (Lipinski definition) is 3. The topological polar surface area (TPSA) is 36.4 Å². The Balaban J connectivity index is 2.10. The van der Waals surface area contributed by atoms with Gasteiger partial charge in [0.05, 0.1) is 5.69 Å². The molecule has 3 nitrogen and oxygen atoms in total. The van der Waals surface area contributed by atoms with Crippen molar-refractivity contribution in [3.63, 3.8) is 0 Å². The average molecular weight is 234 g/mol. The van der Waals surface area contributed by atoms with Crippen LogP contribution >= 0.6 is 0 Å². The van der Waals surface area contributed by atoms with Gasteiger partial charge in [-0.15, -0.1) is 0 Å². The van der Waals surface area contributed by atoms with Crippen molar-refractivity contribution in [3.05, 3.63) is 23.5 Å². The molecule has 1 aliphatic rings. The molecule has 17 heavy (non-hydrogen) atoms. The van der Waals surface area contributed by atoms with Crippen LogP contribution in [0.1, 0.15) is 44.0 Å². The first-order valence-electron chi connectivity index (χ1n) is 6.56. The fourth-order valence-electron chi connectivity index (χ4n) is 2.48. The van der Waals surface area contributed by atoms with Crippen LogP contribution in [-0.2, 0) is 6.54 Å². The van der Waals surface area contributed by atoms with Gasteiger partial charge in [0.25, 0.3) is 0 Å². The lowest BCUT2D eigenvalue weighted by atomic mass is 10.1. The van der Waals surface area contributed by atoms with Crippen LogP contribution in [0.25, 0.3) is 0 Å². The van der Waals surface area contributed by atoms with E-state index in [9.17, 15) is 5.11 Å². The molecule has 0 saturated carbocycles. The third kappa shape index (κ3) is 3.19. The van der Waals surface area contributed by atoms with E-state index in [0.29, 0.717) is 11.8 Å². The maximum absolute atomic E-state index is 9.83. The van der Waals surface area contributed by atoms with Crippen molar-refractivity contribution >= 4 is 0 Å². The summed E-state index contributed by atoms with van der Waals surface area (Å²) in [4.78, 5) is 6.88. The largest absolute Gasteiger partial charge is 0.506 e. The Morgan fingerprint density at radius 3 is 3.00 bits per heavy atom. The molecule has 0 aliphatic carbocycles. The van der Waals surface area contributed by atoms with Gasteiger partial charge in [0, 0.05) is 18.3 Å². The molecule has 0 bridgehead atoms. The zero-order valence-electron chi connectivity index (χ0n) is 10.8. The van der Waals surface area contributed by atoms with Crippen LogP contribution < -0.4 is 0 Å². The maximum atomic E-state index is 9.83. The zero-order valence-corrected chi connectivity index (χ0v) is 10.8. The van der Waals surface area contributed by atoms with E-state index in [1.165, 1.54) is 25.7 Å². The Bertz CT molecular complexity index is 378. The Hall–Kier alpha value is -1.09. The first kappa shape index (κ1) is 12.4. The number of aromatic hydroxyl groups is 1. The molecule has 0 radical (unpaired) electrons. The van der Waals surface area contributed by atoms with Gasteiger partial charge < -0.3 is 5.11 Å². The maximum Gasteiger partial charge on any atom is 0.138 e. The first-order chi connectivity index (χ1) is 8.16. The molecule has 1 saturated heterocycles. The third-order valence-electron chi connectivity index (χ3n) is 3.63. The van der Waals surface area contributed by atoms with Crippen molar-refractivity contribution in [1.82, 2.24) is 9.88 Å².